The van der Waals surface area contributed by atoms with Gasteiger partial charge in [0.05, 0.1) is 15.6 Å². The van der Waals surface area contributed by atoms with Gasteiger partial charge in [-0.3, -0.25) is 13.9 Å². The van der Waals surface area contributed by atoms with E-state index < -0.39 is 34.3 Å². The summed E-state index contributed by atoms with van der Waals surface area (Å²) in [5.74, 6) is -1.59. The van der Waals surface area contributed by atoms with E-state index in [1.165, 1.54) is 29.2 Å². The number of sulfonamides is 1. The fourth-order valence-corrected chi connectivity index (χ4v) is 6.61. The molecule has 218 valence electrons. The van der Waals surface area contributed by atoms with Crippen LogP contribution in [0.5, 0.6) is 0 Å². The molecule has 0 saturated heterocycles. The van der Waals surface area contributed by atoms with Gasteiger partial charge in [0.1, 0.15) is 18.4 Å². The van der Waals surface area contributed by atoms with Gasteiger partial charge in [0.2, 0.25) is 11.8 Å². The van der Waals surface area contributed by atoms with Crippen molar-refractivity contribution >= 4 is 39.1 Å². The number of rotatable bonds is 10. The van der Waals surface area contributed by atoms with Crippen molar-refractivity contribution in [2.24, 2.45) is 0 Å². The Morgan fingerprint density at radius 2 is 1.66 bits per heavy atom. The number of hydrogen-bond donors (Lipinski definition) is 1. The number of nitrogens with zero attached hydrogens (tertiary/aromatic N) is 2. The van der Waals surface area contributed by atoms with Crippen LogP contribution in [-0.2, 0) is 26.2 Å². The molecule has 4 rings (SSSR count). The first-order valence-electron chi connectivity index (χ1n) is 13.7. The molecule has 1 aliphatic carbocycles. The Balaban J connectivity index is 1.69. The molecule has 0 radical (unpaired) electrons. The van der Waals surface area contributed by atoms with Gasteiger partial charge in [0.15, 0.2) is 0 Å². The molecular formula is C31H35ClFN3O4S. The van der Waals surface area contributed by atoms with E-state index in [9.17, 15) is 22.4 Å². The number of aryl methyl sites for hydroxylation is 1. The van der Waals surface area contributed by atoms with Crippen molar-refractivity contribution in [1.29, 1.82) is 0 Å². The molecule has 0 bridgehead atoms. The zero-order valence-corrected chi connectivity index (χ0v) is 24.8. The molecule has 41 heavy (non-hydrogen) atoms. The highest BCUT2D eigenvalue weighted by Gasteiger charge is 2.33. The second-order valence-electron chi connectivity index (χ2n) is 10.4. The summed E-state index contributed by atoms with van der Waals surface area (Å²) in [5, 5.41) is 2.81. The van der Waals surface area contributed by atoms with Gasteiger partial charge in [-0.15, -0.1) is 0 Å². The standard InChI is InChI=1S/C31H35ClFN3O4S/c1-22-11-9-10-12-24(22)20-35(23(2)31(38)34-25-13-5-3-6-14-25)30(37)21-36(26-17-18-29(33)28(32)19-26)41(39,40)27-15-7-4-8-16-27/h4,7-12,15-19,23,25H,3,5-6,13-14,20-21H2,1-2H3,(H,34,38). The minimum atomic E-state index is -4.26. The van der Waals surface area contributed by atoms with E-state index in [2.05, 4.69) is 5.32 Å². The summed E-state index contributed by atoms with van der Waals surface area (Å²) in [5.41, 5.74) is 1.80. The normalized spacial score (nSPS) is 14.7. The van der Waals surface area contributed by atoms with Gasteiger partial charge in [-0.2, -0.15) is 0 Å². The van der Waals surface area contributed by atoms with Crippen LogP contribution >= 0.6 is 11.6 Å². The molecule has 7 nitrogen and oxygen atoms in total. The molecule has 0 aromatic heterocycles. The third-order valence-electron chi connectivity index (χ3n) is 7.52. The van der Waals surface area contributed by atoms with Crippen LogP contribution in [0, 0.1) is 12.7 Å². The number of anilines is 1. The number of carbonyl (C=O) groups excluding carboxylic acids is 2. The van der Waals surface area contributed by atoms with Crippen LogP contribution in [-0.4, -0.2) is 43.8 Å². The summed E-state index contributed by atoms with van der Waals surface area (Å²) in [6.07, 6.45) is 4.99. The Labute approximate surface area is 246 Å². The molecule has 2 amide bonds. The highest BCUT2D eigenvalue weighted by molar-refractivity contribution is 7.92. The maximum atomic E-state index is 14.0. The molecular weight excluding hydrogens is 565 g/mol. The first kappa shape index (κ1) is 30.5. The zero-order chi connectivity index (χ0) is 29.6. The average Bonchev–Trinajstić information content (AvgIpc) is 2.97. The Hall–Kier alpha value is -3.43. The summed E-state index contributed by atoms with van der Waals surface area (Å²) in [4.78, 5) is 28.8. The maximum absolute atomic E-state index is 14.0. The van der Waals surface area contributed by atoms with E-state index in [1.54, 1.807) is 25.1 Å². The van der Waals surface area contributed by atoms with E-state index in [1.807, 2.05) is 31.2 Å². The summed E-state index contributed by atoms with van der Waals surface area (Å²) < 4.78 is 42.5. The minimum Gasteiger partial charge on any atom is -0.352 e. The van der Waals surface area contributed by atoms with Gasteiger partial charge >= 0.3 is 0 Å². The molecule has 0 spiro atoms. The molecule has 1 aliphatic rings. The van der Waals surface area contributed by atoms with Crippen LogP contribution in [0.2, 0.25) is 5.02 Å². The number of halogens is 2. The molecule has 0 heterocycles. The predicted molar refractivity (Wildman–Crippen MR) is 159 cm³/mol. The third-order valence-corrected chi connectivity index (χ3v) is 9.60. The molecule has 1 N–H and O–H groups in total. The largest absolute Gasteiger partial charge is 0.352 e. The molecule has 3 aromatic rings. The van der Waals surface area contributed by atoms with Crippen molar-refractivity contribution in [2.45, 2.75) is 69.5 Å². The molecule has 1 unspecified atom stereocenters. The molecule has 1 atom stereocenters. The van der Waals surface area contributed by atoms with Gasteiger partial charge in [-0.25, -0.2) is 12.8 Å². The first-order valence-corrected chi connectivity index (χ1v) is 15.6. The van der Waals surface area contributed by atoms with Gasteiger partial charge in [-0.1, -0.05) is 73.3 Å². The van der Waals surface area contributed by atoms with Crippen molar-refractivity contribution in [3.63, 3.8) is 0 Å². The van der Waals surface area contributed by atoms with Crippen molar-refractivity contribution in [1.82, 2.24) is 10.2 Å². The lowest BCUT2D eigenvalue weighted by Crippen LogP contribution is -2.53. The number of hydrogen-bond acceptors (Lipinski definition) is 4. The van der Waals surface area contributed by atoms with E-state index in [-0.39, 0.29) is 34.1 Å². The topological polar surface area (TPSA) is 86.8 Å². The lowest BCUT2D eigenvalue weighted by atomic mass is 9.95. The second-order valence-corrected chi connectivity index (χ2v) is 12.7. The highest BCUT2D eigenvalue weighted by Crippen LogP contribution is 2.28. The Bertz CT molecular complexity index is 1480. The van der Waals surface area contributed by atoms with Gasteiger partial charge in [-0.05, 0) is 68.1 Å². The van der Waals surface area contributed by atoms with Crippen LogP contribution in [0.25, 0.3) is 0 Å². The van der Waals surface area contributed by atoms with E-state index in [0.717, 1.165) is 53.6 Å². The number of amides is 2. The smallest absolute Gasteiger partial charge is 0.264 e. The SMILES string of the molecule is Cc1ccccc1CN(C(=O)CN(c1ccc(F)c(Cl)c1)S(=O)(=O)c1ccccc1)C(C)C(=O)NC1CCCCC1. The van der Waals surface area contributed by atoms with Crippen LogP contribution in [0.4, 0.5) is 10.1 Å². The van der Waals surface area contributed by atoms with Crippen LogP contribution in [0.15, 0.2) is 77.7 Å². The van der Waals surface area contributed by atoms with Gasteiger partial charge in [0.25, 0.3) is 10.0 Å². The summed E-state index contributed by atoms with van der Waals surface area (Å²) in [6.45, 7) is 3.05. The summed E-state index contributed by atoms with van der Waals surface area (Å²) in [7, 11) is -4.26. The Morgan fingerprint density at radius 3 is 2.32 bits per heavy atom. The fourth-order valence-electron chi connectivity index (χ4n) is 5.01. The van der Waals surface area contributed by atoms with Crippen LogP contribution < -0.4 is 9.62 Å². The number of nitrogens with one attached hydrogen (secondary N) is 1. The predicted octanol–water partition coefficient (Wildman–Crippen LogP) is 5.85. The molecule has 0 aliphatic heterocycles. The van der Waals surface area contributed by atoms with E-state index in [4.69, 9.17) is 11.6 Å². The Morgan fingerprint density at radius 1 is 1.00 bits per heavy atom. The number of carbonyl (C=O) groups is 2. The fraction of sp³-hybridized carbons (Fsp3) is 0.355. The van der Waals surface area contributed by atoms with Gasteiger partial charge in [0, 0.05) is 12.6 Å². The van der Waals surface area contributed by atoms with E-state index >= 15 is 0 Å². The van der Waals surface area contributed by atoms with Crippen molar-refractivity contribution < 1.29 is 22.4 Å². The van der Waals surface area contributed by atoms with Crippen LogP contribution in [0.1, 0.15) is 50.2 Å². The zero-order valence-electron chi connectivity index (χ0n) is 23.2. The first-order chi connectivity index (χ1) is 19.6. The lowest BCUT2D eigenvalue weighted by Gasteiger charge is -2.33. The van der Waals surface area contributed by atoms with Crippen LogP contribution in [0.3, 0.4) is 0 Å². The van der Waals surface area contributed by atoms with Crippen molar-refractivity contribution in [3.05, 3.63) is 94.8 Å². The third kappa shape index (κ3) is 7.45. The highest BCUT2D eigenvalue weighted by atomic mass is 35.5. The molecule has 1 saturated carbocycles. The molecule has 10 heteroatoms. The monoisotopic (exact) mass is 599 g/mol. The van der Waals surface area contributed by atoms with E-state index in [0.29, 0.717) is 0 Å². The molecule has 3 aromatic carbocycles. The summed E-state index contributed by atoms with van der Waals surface area (Å²) in [6, 6.07) is 17.9. The van der Waals surface area contributed by atoms with Crippen molar-refractivity contribution in [2.75, 3.05) is 10.8 Å². The van der Waals surface area contributed by atoms with Crippen molar-refractivity contribution in [3.8, 4) is 0 Å². The lowest BCUT2D eigenvalue weighted by molar-refractivity contribution is -0.139. The quantitative estimate of drug-likeness (QED) is 0.317. The van der Waals surface area contributed by atoms with Gasteiger partial charge < -0.3 is 10.2 Å². The summed E-state index contributed by atoms with van der Waals surface area (Å²) >= 11 is 6.02. The minimum absolute atomic E-state index is 0.0313. The molecule has 1 fully saturated rings. The maximum Gasteiger partial charge on any atom is 0.264 e. The second kappa shape index (κ2) is 13.5. The number of benzene rings is 3. The average molecular weight is 600 g/mol. The Kier molecular flexibility index (Phi) is 10.0.